The van der Waals surface area contributed by atoms with Crippen molar-refractivity contribution in [2.75, 3.05) is 20.2 Å². The molecule has 1 aliphatic rings. The van der Waals surface area contributed by atoms with Crippen molar-refractivity contribution in [1.82, 2.24) is 9.88 Å². The highest BCUT2D eigenvalue weighted by atomic mass is 16.5. The Morgan fingerprint density at radius 2 is 1.75 bits per heavy atom. The highest BCUT2D eigenvalue weighted by Gasteiger charge is 2.28. The Morgan fingerprint density at radius 3 is 2.43 bits per heavy atom. The molecule has 0 spiro atoms. The number of nitrogens with zero attached hydrogens (tertiary/aromatic N) is 2. The van der Waals surface area contributed by atoms with E-state index in [0.29, 0.717) is 18.7 Å². The van der Waals surface area contributed by atoms with Crippen LogP contribution in [0.25, 0.3) is 22.2 Å². The zero-order valence-corrected chi connectivity index (χ0v) is 16.4. The van der Waals surface area contributed by atoms with E-state index in [1.807, 2.05) is 73.3 Å². The molecule has 1 saturated heterocycles. The largest absolute Gasteiger partial charge is 0.497 e. The molecule has 2 aromatic carbocycles. The number of carbonyl (C=O) groups is 1. The van der Waals surface area contributed by atoms with Crippen molar-refractivity contribution < 1.29 is 14.3 Å². The van der Waals surface area contributed by atoms with E-state index < -0.39 is 0 Å². The standard InChI is InChI=1S/C23H24N2O3/c1-15-13-25(14-16(2)28-15)23(26)20-12-22(17-8-10-18(27-3)11-9-17)24-21-7-5-4-6-19(20)21/h4-12,15-16H,13-14H2,1-3H3. The van der Waals surface area contributed by atoms with Crippen LogP contribution in [0.15, 0.2) is 54.6 Å². The molecule has 0 N–H and O–H groups in total. The van der Waals surface area contributed by atoms with Crippen molar-refractivity contribution in [2.45, 2.75) is 26.1 Å². The van der Waals surface area contributed by atoms with Crippen LogP contribution in [0.5, 0.6) is 5.75 Å². The van der Waals surface area contributed by atoms with Crippen molar-refractivity contribution in [3.05, 3.63) is 60.2 Å². The fourth-order valence-corrected chi connectivity index (χ4v) is 3.78. The maximum absolute atomic E-state index is 13.4. The molecule has 1 amide bonds. The monoisotopic (exact) mass is 376 g/mol. The Balaban J connectivity index is 1.79. The summed E-state index contributed by atoms with van der Waals surface area (Å²) in [4.78, 5) is 20.1. The minimum atomic E-state index is 0.0235. The van der Waals surface area contributed by atoms with Crippen LogP contribution < -0.4 is 4.74 Å². The Kier molecular flexibility index (Phi) is 5.01. The smallest absolute Gasteiger partial charge is 0.254 e. The molecule has 28 heavy (non-hydrogen) atoms. The van der Waals surface area contributed by atoms with E-state index in [1.54, 1.807) is 7.11 Å². The first-order chi connectivity index (χ1) is 13.5. The van der Waals surface area contributed by atoms with Crippen LogP contribution in [0.1, 0.15) is 24.2 Å². The van der Waals surface area contributed by atoms with Gasteiger partial charge in [0.05, 0.1) is 36.1 Å². The number of pyridine rings is 1. The molecule has 0 saturated carbocycles. The zero-order valence-electron chi connectivity index (χ0n) is 16.4. The first kappa shape index (κ1) is 18.4. The molecule has 1 aromatic heterocycles. The number of carbonyl (C=O) groups excluding carboxylic acids is 1. The van der Waals surface area contributed by atoms with Crippen LogP contribution in [0.3, 0.4) is 0 Å². The number of amides is 1. The fourth-order valence-electron chi connectivity index (χ4n) is 3.78. The normalized spacial score (nSPS) is 19.6. The van der Waals surface area contributed by atoms with Crippen molar-refractivity contribution in [1.29, 1.82) is 0 Å². The number of aromatic nitrogens is 1. The molecular weight excluding hydrogens is 352 g/mol. The number of fused-ring (bicyclic) bond motifs is 1. The molecule has 3 aromatic rings. The van der Waals surface area contributed by atoms with Gasteiger partial charge in [-0.3, -0.25) is 4.79 Å². The van der Waals surface area contributed by atoms with Gasteiger partial charge in [0, 0.05) is 24.0 Å². The van der Waals surface area contributed by atoms with Crippen molar-refractivity contribution >= 4 is 16.8 Å². The number of benzene rings is 2. The zero-order chi connectivity index (χ0) is 19.7. The SMILES string of the molecule is COc1ccc(-c2cc(C(=O)N3CC(C)OC(C)C3)c3ccccc3n2)cc1. The average molecular weight is 376 g/mol. The molecule has 2 atom stereocenters. The fraction of sp³-hybridized carbons (Fsp3) is 0.304. The summed E-state index contributed by atoms with van der Waals surface area (Å²) in [5, 5.41) is 0.872. The van der Waals surface area contributed by atoms with Crippen molar-refractivity contribution in [3.8, 4) is 17.0 Å². The molecule has 4 rings (SSSR count). The third kappa shape index (κ3) is 3.58. The van der Waals surface area contributed by atoms with E-state index in [9.17, 15) is 4.79 Å². The van der Waals surface area contributed by atoms with Crippen LogP contribution in [0, 0.1) is 0 Å². The topological polar surface area (TPSA) is 51.7 Å². The van der Waals surface area contributed by atoms with Gasteiger partial charge in [0.2, 0.25) is 0 Å². The third-order valence-corrected chi connectivity index (χ3v) is 5.04. The van der Waals surface area contributed by atoms with Crippen LogP contribution in [-0.2, 0) is 4.74 Å². The Hall–Kier alpha value is -2.92. The molecule has 5 nitrogen and oxygen atoms in total. The second-order valence-electron chi connectivity index (χ2n) is 7.27. The molecule has 1 fully saturated rings. The lowest BCUT2D eigenvalue weighted by atomic mass is 10.0. The summed E-state index contributed by atoms with van der Waals surface area (Å²) in [6.45, 7) is 5.20. The van der Waals surface area contributed by atoms with Gasteiger partial charge in [0.15, 0.2) is 0 Å². The summed E-state index contributed by atoms with van der Waals surface area (Å²) in [6.07, 6.45) is 0.0590. The molecule has 2 unspecified atom stereocenters. The van der Waals surface area contributed by atoms with E-state index in [4.69, 9.17) is 14.5 Å². The van der Waals surface area contributed by atoms with Crippen LogP contribution in [0.2, 0.25) is 0 Å². The summed E-state index contributed by atoms with van der Waals surface area (Å²) < 4.78 is 11.0. The number of morpholine rings is 1. The second kappa shape index (κ2) is 7.60. The van der Waals surface area contributed by atoms with Crippen LogP contribution in [-0.4, -0.2) is 48.2 Å². The predicted octanol–water partition coefficient (Wildman–Crippen LogP) is 4.16. The van der Waals surface area contributed by atoms with Crippen molar-refractivity contribution in [3.63, 3.8) is 0 Å². The van der Waals surface area contributed by atoms with Gasteiger partial charge in [-0.2, -0.15) is 0 Å². The number of methoxy groups -OCH3 is 1. The molecule has 1 aliphatic heterocycles. The van der Waals surface area contributed by atoms with Gasteiger partial charge in [-0.15, -0.1) is 0 Å². The summed E-state index contributed by atoms with van der Waals surface area (Å²) in [6, 6.07) is 17.4. The molecule has 5 heteroatoms. The van der Waals surface area contributed by atoms with E-state index in [0.717, 1.165) is 27.9 Å². The van der Waals surface area contributed by atoms with E-state index in [1.165, 1.54) is 0 Å². The predicted molar refractivity (Wildman–Crippen MR) is 110 cm³/mol. The Bertz CT molecular complexity index is 990. The number of hydrogen-bond donors (Lipinski definition) is 0. The van der Waals surface area contributed by atoms with E-state index in [2.05, 4.69) is 0 Å². The quantitative estimate of drug-likeness (QED) is 0.689. The maximum atomic E-state index is 13.4. The van der Waals surface area contributed by atoms with Gasteiger partial charge in [-0.1, -0.05) is 18.2 Å². The Morgan fingerprint density at radius 1 is 1.07 bits per heavy atom. The molecular formula is C23H24N2O3. The number of hydrogen-bond acceptors (Lipinski definition) is 4. The van der Waals surface area contributed by atoms with Gasteiger partial charge >= 0.3 is 0 Å². The number of para-hydroxylation sites is 1. The minimum absolute atomic E-state index is 0.0235. The van der Waals surface area contributed by atoms with Gasteiger partial charge in [0.25, 0.3) is 5.91 Å². The number of rotatable bonds is 3. The van der Waals surface area contributed by atoms with Gasteiger partial charge in [0.1, 0.15) is 5.75 Å². The highest BCUT2D eigenvalue weighted by molar-refractivity contribution is 6.07. The van der Waals surface area contributed by atoms with Gasteiger partial charge in [-0.25, -0.2) is 4.98 Å². The molecule has 2 heterocycles. The first-order valence-electron chi connectivity index (χ1n) is 9.54. The average Bonchev–Trinajstić information content (AvgIpc) is 2.71. The van der Waals surface area contributed by atoms with Gasteiger partial charge < -0.3 is 14.4 Å². The first-order valence-corrected chi connectivity index (χ1v) is 9.54. The lowest BCUT2D eigenvalue weighted by molar-refractivity contribution is -0.0585. The maximum Gasteiger partial charge on any atom is 0.254 e. The molecule has 0 aliphatic carbocycles. The highest BCUT2D eigenvalue weighted by Crippen LogP contribution is 2.28. The number of ether oxygens (including phenoxy) is 2. The molecule has 144 valence electrons. The summed E-state index contributed by atoms with van der Waals surface area (Å²) in [5.74, 6) is 0.812. The Labute approximate surface area is 164 Å². The van der Waals surface area contributed by atoms with Crippen molar-refractivity contribution in [2.24, 2.45) is 0 Å². The summed E-state index contributed by atoms with van der Waals surface area (Å²) in [5.41, 5.74) is 3.22. The second-order valence-corrected chi connectivity index (χ2v) is 7.27. The minimum Gasteiger partial charge on any atom is -0.497 e. The van der Waals surface area contributed by atoms with Crippen LogP contribution in [0.4, 0.5) is 0 Å². The summed E-state index contributed by atoms with van der Waals surface area (Å²) >= 11 is 0. The third-order valence-electron chi connectivity index (χ3n) is 5.04. The van der Waals surface area contributed by atoms with E-state index in [-0.39, 0.29) is 18.1 Å². The summed E-state index contributed by atoms with van der Waals surface area (Å²) in [7, 11) is 1.64. The molecule has 0 radical (unpaired) electrons. The lowest BCUT2D eigenvalue weighted by Gasteiger charge is -2.35. The van der Waals surface area contributed by atoms with Crippen LogP contribution >= 0.6 is 0 Å². The van der Waals surface area contributed by atoms with E-state index >= 15 is 0 Å². The molecule has 0 bridgehead atoms. The van der Waals surface area contributed by atoms with Gasteiger partial charge in [-0.05, 0) is 50.2 Å². The lowest BCUT2D eigenvalue weighted by Crippen LogP contribution is -2.48.